The molecule has 39 heavy (non-hydrogen) atoms. The van der Waals surface area contributed by atoms with Gasteiger partial charge in [0.15, 0.2) is 5.82 Å². The maximum absolute atomic E-state index is 13.6. The Bertz CT molecular complexity index is 1410. The number of benzene rings is 2. The molecule has 210 valence electrons. The minimum Gasteiger partial charge on any atom is -0.496 e. The highest BCUT2D eigenvalue weighted by Gasteiger charge is 2.26. The van der Waals surface area contributed by atoms with E-state index in [4.69, 9.17) is 4.74 Å². The van der Waals surface area contributed by atoms with Gasteiger partial charge in [0.2, 0.25) is 16.0 Å². The van der Waals surface area contributed by atoms with Crippen molar-refractivity contribution in [3.8, 4) is 17.1 Å². The number of hydrogen-bond donors (Lipinski definition) is 2. The SMILES string of the molecule is COc1cc(F)ccc1-c1ncnc(Nc2cccc(N(CCCCN(C(=O)O)C(C)(C)C)S(C)(=O)=O)c2)n1. The van der Waals surface area contributed by atoms with E-state index in [0.717, 1.165) is 6.26 Å². The normalized spacial score (nSPS) is 11.6. The van der Waals surface area contributed by atoms with Crippen LogP contribution < -0.4 is 14.4 Å². The fourth-order valence-corrected chi connectivity index (χ4v) is 4.89. The first-order valence-corrected chi connectivity index (χ1v) is 14.0. The number of aromatic nitrogens is 3. The maximum Gasteiger partial charge on any atom is 0.407 e. The van der Waals surface area contributed by atoms with Crippen molar-refractivity contribution in [1.82, 2.24) is 19.9 Å². The summed E-state index contributed by atoms with van der Waals surface area (Å²) in [5, 5.41) is 12.5. The van der Waals surface area contributed by atoms with E-state index in [2.05, 4.69) is 20.3 Å². The number of anilines is 3. The number of halogens is 1. The van der Waals surface area contributed by atoms with Crippen LogP contribution in [0.2, 0.25) is 0 Å². The second-order valence-corrected chi connectivity index (χ2v) is 11.7. The molecule has 11 nitrogen and oxygen atoms in total. The predicted octanol–water partition coefficient (Wildman–Crippen LogP) is 4.75. The lowest BCUT2D eigenvalue weighted by Crippen LogP contribution is -2.45. The number of rotatable bonds is 11. The number of hydrogen-bond acceptors (Lipinski definition) is 8. The summed E-state index contributed by atoms with van der Waals surface area (Å²) in [5.74, 6) is 0.282. The molecule has 0 fully saturated rings. The van der Waals surface area contributed by atoms with E-state index in [9.17, 15) is 22.7 Å². The van der Waals surface area contributed by atoms with Gasteiger partial charge < -0.3 is 20.1 Å². The van der Waals surface area contributed by atoms with Gasteiger partial charge in [0.1, 0.15) is 17.9 Å². The Morgan fingerprint density at radius 1 is 1.10 bits per heavy atom. The van der Waals surface area contributed by atoms with Gasteiger partial charge in [-0.1, -0.05) is 6.07 Å². The second kappa shape index (κ2) is 12.2. The van der Waals surface area contributed by atoms with Crippen molar-refractivity contribution in [2.24, 2.45) is 0 Å². The van der Waals surface area contributed by atoms with E-state index in [0.29, 0.717) is 36.3 Å². The van der Waals surface area contributed by atoms with Crippen molar-refractivity contribution in [3.05, 3.63) is 54.6 Å². The summed E-state index contributed by atoms with van der Waals surface area (Å²) in [5.41, 5.74) is 0.894. The molecule has 0 atom stereocenters. The number of carboxylic acid groups (broad SMARTS) is 1. The monoisotopic (exact) mass is 560 g/mol. The molecule has 0 spiro atoms. The third-order valence-electron chi connectivity index (χ3n) is 5.80. The zero-order valence-electron chi connectivity index (χ0n) is 22.5. The van der Waals surface area contributed by atoms with Crippen LogP contribution in [0.1, 0.15) is 33.6 Å². The minimum atomic E-state index is -3.62. The number of carbonyl (C=O) groups is 1. The summed E-state index contributed by atoms with van der Waals surface area (Å²) in [7, 11) is -2.20. The number of methoxy groups -OCH3 is 1. The van der Waals surface area contributed by atoms with Gasteiger partial charge in [0, 0.05) is 30.4 Å². The average Bonchev–Trinajstić information content (AvgIpc) is 2.84. The molecule has 3 rings (SSSR count). The van der Waals surface area contributed by atoms with Gasteiger partial charge >= 0.3 is 6.09 Å². The van der Waals surface area contributed by atoms with Crippen LogP contribution in [0.25, 0.3) is 11.4 Å². The van der Waals surface area contributed by atoms with Crippen LogP contribution in [0.3, 0.4) is 0 Å². The number of unbranched alkanes of at least 4 members (excludes halogenated alkanes) is 1. The molecule has 13 heteroatoms. The molecular weight excluding hydrogens is 527 g/mol. The molecule has 0 aliphatic rings. The molecule has 0 saturated carbocycles. The zero-order chi connectivity index (χ0) is 28.8. The summed E-state index contributed by atoms with van der Waals surface area (Å²) in [6, 6.07) is 10.8. The molecule has 0 aliphatic carbocycles. The van der Waals surface area contributed by atoms with E-state index in [1.807, 2.05) is 20.8 Å². The van der Waals surface area contributed by atoms with Gasteiger partial charge in [-0.25, -0.2) is 27.6 Å². The van der Waals surface area contributed by atoms with E-state index >= 15 is 0 Å². The van der Waals surface area contributed by atoms with E-state index in [-0.39, 0.29) is 24.1 Å². The Hall–Kier alpha value is -4.00. The molecule has 0 unspecified atom stereocenters. The molecule has 1 heterocycles. The minimum absolute atomic E-state index is 0.181. The fourth-order valence-electron chi connectivity index (χ4n) is 3.93. The van der Waals surface area contributed by atoms with E-state index < -0.39 is 27.5 Å². The predicted molar refractivity (Wildman–Crippen MR) is 147 cm³/mol. The lowest BCUT2D eigenvalue weighted by Gasteiger charge is -2.33. The van der Waals surface area contributed by atoms with Crippen molar-refractivity contribution < 1.29 is 27.4 Å². The standard InChI is InChI=1S/C26H33FN6O5S/c1-26(2,3)32(25(34)35)13-6-7-14-33(39(5,36)37)20-10-8-9-19(16-20)30-24-29-17-28-23(31-24)21-12-11-18(27)15-22(21)38-4/h8-12,15-17H,6-7,13-14H2,1-5H3,(H,34,35)(H,28,29,30,31). The van der Waals surface area contributed by atoms with Gasteiger partial charge in [-0.2, -0.15) is 4.98 Å². The largest absolute Gasteiger partial charge is 0.496 e. The van der Waals surface area contributed by atoms with Gasteiger partial charge in [0.25, 0.3) is 0 Å². The summed E-state index contributed by atoms with van der Waals surface area (Å²) in [4.78, 5) is 25.6. The molecule has 0 radical (unpaired) electrons. The molecular formula is C26H33FN6O5S. The van der Waals surface area contributed by atoms with Crippen LogP contribution in [0, 0.1) is 5.82 Å². The van der Waals surface area contributed by atoms with Gasteiger partial charge in [-0.15, -0.1) is 0 Å². The van der Waals surface area contributed by atoms with Crippen molar-refractivity contribution in [3.63, 3.8) is 0 Å². The molecule has 0 aliphatic heterocycles. The van der Waals surface area contributed by atoms with Crippen molar-refractivity contribution in [2.45, 2.75) is 39.2 Å². The maximum atomic E-state index is 13.6. The highest BCUT2D eigenvalue weighted by molar-refractivity contribution is 7.92. The van der Waals surface area contributed by atoms with Crippen molar-refractivity contribution in [2.75, 3.05) is 36.1 Å². The van der Waals surface area contributed by atoms with Crippen LogP contribution in [0.5, 0.6) is 5.75 Å². The summed E-state index contributed by atoms with van der Waals surface area (Å²) >= 11 is 0. The quantitative estimate of drug-likeness (QED) is 0.318. The molecule has 1 aromatic heterocycles. The Morgan fingerprint density at radius 3 is 2.46 bits per heavy atom. The molecule has 2 N–H and O–H groups in total. The third kappa shape index (κ3) is 7.99. The van der Waals surface area contributed by atoms with Crippen LogP contribution >= 0.6 is 0 Å². The first kappa shape index (κ1) is 29.6. The Morgan fingerprint density at radius 2 is 1.82 bits per heavy atom. The van der Waals surface area contributed by atoms with Crippen molar-refractivity contribution >= 4 is 33.4 Å². The van der Waals surface area contributed by atoms with Gasteiger partial charge in [0.05, 0.1) is 24.6 Å². The van der Waals surface area contributed by atoms with Crippen LogP contribution in [-0.4, -0.2) is 71.5 Å². The average molecular weight is 561 g/mol. The Kier molecular flexibility index (Phi) is 9.28. The highest BCUT2D eigenvalue weighted by Crippen LogP contribution is 2.29. The molecule has 3 aromatic rings. The highest BCUT2D eigenvalue weighted by atomic mass is 32.2. The summed E-state index contributed by atoms with van der Waals surface area (Å²) in [6.07, 6.45) is 2.37. The lowest BCUT2D eigenvalue weighted by molar-refractivity contribution is 0.0992. The number of sulfonamides is 1. The van der Waals surface area contributed by atoms with E-state index in [1.54, 1.807) is 24.3 Å². The number of nitrogens with one attached hydrogen (secondary N) is 1. The van der Waals surface area contributed by atoms with Crippen LogP contribution in [0.4, 0.5) is 26.5 Å². The third-order valence-corrected chi connectivity index (χ3v) is 6.99. The van der Waals surface area contributed by atoms with Gasteiger partial charge in [-0.3, -0.25) is 4.31 Å². The molecule has 0 bridgehead atoms. The molecule has 2 aromatic carbocycles. The summed E-state index contributed by atoms with van der Waals surface area (Å²) in [6.45, 7) is 5.91. The first-order valence-electron chi connectivity index (χ1n) is 12.2. The smallest absolute Gasteiger partial charge is 0.407 e. The fraction of sp³-hybridized carbons (Fsp3) is 0.385. The molecule has 1 amide bonds. The van der Waals surface area contributed by atoms with Crippen LogP contribution in [-0.2, 0) is 10.0 Å². The number of nitrogens with zero attached hydrogens (tertiary/aromatic N) is 5. The topological polar surface area (TPSA) is 138 Å². The first-order chi connectivity index (χ1) is 18.3. The van der Waals surface area contributed by atoms with Crippen molar-refractivity contribution in [1.29, 1.82) is 0 Å². The van der Waals surface area contributed by atoms with Crippen LogP contribution in [0.15, 0.2) is 48.8 Å². The number of amides is 1. The molecule has 0 saturated heterocycles. The zero-order valence-corrected chi connectivity index (χ0v) is 23.4. The van der Waals surface area contributed by atoms with Gasteiger partial charge in [-0.05, 0) is 63.9 Å². The Labute approximate surface area is 227 Å². The lowest BCUT2D eigenvalue weighted by atomic mass is 10.1. The second-order valence-electron chi connectivity index (χ2n) is 9.80. The van der Waals surface area contributed by atoms with E-state index in [1.165, 1.54) is 40.8 Å². The number of ether oxygens (including phenoxy) is 1. The Balaban J connectivity index is 1.76. The summed E-state index contributed by atoms with van der Waals surface area (Å²) < 4.78 is 45.3.